The van der Waals surface area contributed by atoms with Gasteiger partial charge in [-0.25, -0.2) is 0 Å². The fraction of sp³-hybridized carbons (Fsp3) is 0.538. The van der Waals surface area contributed by atoms with Crippen LogP contribution in [0.15, 0.2) is 23.1 Å². The second kappa shape index (κ2) is 8.29. The fourth-order valence-electron chi connectivity index (χ4n) is 1.57. The summed E-state index contributed by atoms with van der Waals surface area (Å²) in [6.45, 7) is 0.676. The number of unbranched alkanes of at least 4 members (excludes halogenated alkanes) is 3. The molecule has 0 aliphatic carbocycles. The Morgan fingerprint density at radius 3 is 2.72 bits per heavy atom. The molecular weight excluding hydrogens is 343 g/mol. The molecule has 0 fully saturated rings. The highest BCUT2D eigenvalue weighted by molar-refractivity contribution is 14.1. The van der Waals surface area contributed by atoms with E-state index in [1.807, 2.05) is 0 Å². The molecule has 0 spiro atoms. The predicted molar refractivity (Wildman–Crippen MR) is 81.4 cm³/mol. The molecule has 1 N–H and O–H groups in total. The van der Waals surface area contributed by atoms with Gasteiger partial charge < -0.3 is 9.88 Å². The van der Waals surface area contributed by atoms with Crippen molar-refractivity contribution < 1.29 is 4.79 Å². The van der Waals surface area contributed by atoms with Gasteiger partial charge >= 0.3 is 0 Å². The van der Waals surface area contributed by atoms with Crippen LogP contribution in [-0.4, -0.2) is 21.4 Å². The van der Waals surface area contributed by atoms with Crippen molar-refractivity contribution in [1.82, 2.24) is 9.88 Å². The lowest BCUT2D eigenvalue weighted by molar-refractivity contribution is 0.0952. The van der Waals surface area contributed by atoms with Crippen LogP contribution in [0.25, 0.3) is 0 Å². The molecule has 0 aliphatic heterocycles. The van der Waals surface area contributed by atoms with E-state index >= 15 is 0 Å². The lowest BCUT2D eigenvalue weighted by Gasteiger charge is -2.05. The van der Waals surface area contributed by atoms with Crippen LogP contribution in [-0.2, 0) is 7.05 Å². The number of alkyl halides is 1. The van der Waals surface area contributed by atoms with Crippen molar-refractivity contribution in [3.8, 4) is 0 Å². The number of hydrogen-bond acceptors (Lipinski definition) is 2. The predicted octanol–water partition coefficient (Wildman–Crippen LogP) is 2.11. The molecule has 1 rings (SSSR count). The quantitative estimate of drug-likeness (QED) is 0.459. The third-order valence-corrected chi connectivity index (χ3v) is 3.48. The zero-order chi connectivity index (χ0) is 13.4. The Balaban J connectivity index is 2.32. The Morgan fingerprint density at radius 2 is 2.06 bits per heavy atom. The molecule has 100 valence electrons. The number of nitrogens with one attached hydrogen (secondary N) is 1. The highest BCUT2D eigenvalue weighted by Gasteiger charge is 2.05. The average Bonchev–Trinajstić information content (AvgIpc) is 2.36. The van der Waals surface area contributed by atoms with E-state index in [1.54, 1.807) is 19.3 Å². The summed E-state index contributed by atoms with van der Waals surface area (Å²) >= 11 is 2.37. The SMILES string of the molecule is Cn1ccc(C(=O)NCCCCCCI)cc1=O. The van der Waals surface area contributed by atoms with Crippen molar-refractivity contribution in [2.45, 2.75) is 25.7 Å². The number of hydrogen-bond donors (Lipinski definition) is 1. The van der Waals surface area contributed by atoms with Crippen LogP contribution < -0.4 is 10.9 Å². The van der Waals surface area contributed by atoms with Gasteiger partial charge in [-0.3, -0.25) is 9.59 Å². The fourth-order valence-corrected chi connectivity index (χ4v) is 2.11. The maximum atomic E-state index is 11.7. The molecule has 5 heteroatoms. The minimum Gasteiger partial charge on any atom is -0.352 e. The maximum Gasteiger partial charge on any atom is 0.251 e. The van der Waals surface area contributed by atoms with E-state index in [9.17, 15) is 9.59 Å². The summed E-state index contributed by atoms with van der Waals surface area (Å²) in [4.78, 5) is 23.1. The van der Waals surface area contributed by atoms with Crippen LogP contribution in [0.2, 0.25) is 0 Å². The summed E-state index contributed by atoms with van der Waals surface area (Å²) in [6.07, 6.45) is 6.19. The molecule has 0 aromatic carbocycles. The van der Waals surface area contributed by atoms with Gasteiger partial charge in [-0.05, 0) is 23.3 Å². The van der Waals surface area contributed by atoms with Crippen LogP contribution in [0, 0.1) is 0 Å². The molecular formula is C13H19IN2O2. The van der Waals surface area contributed by atoms with Crippen molar-refractivity contribution in [3.05, 3.63) is 34.2 Å². The van der Waals surface area contributed by atoms with Crippen molar-refractivity contribution in [2.24, 2.45) is 7.05 Å². The van der Waals surface area contributed by atoms with Gasteiger partial charge in [0.1, 0.15) is 0 Å². The maximum absolute atomic E-state index is 11.7. The number of nitrogens with zero attached hydrogens (tertiary/aromatic N) is 1. The Hall–Kier alpha value is -0.850. The number of aryl methyl sites for hydroxylation is 1. The Morgan fingerprint density at radius 1 is 1.33 bits per heavy atom. The van der Waals surface area contributed by atoms with Gasteiger partial charge in [0.05, 0.1) is 0 Å². The summed E-state index contributed by atoms with van der Waals surface area (Å²) in [5.74, 6) is -0.165. The molecule has 0 saturated carbocycles. The lowest BCUT2D eigenvalue weighted by Crippen LogP contribution is -2.26. The Kier molecular flexibility index (Phi) is 7.00. The normalized spacial score (nSPS) is 10.3. The number of halogens is 1. The Bertz CT molecular complexity index is 443. The number of aromatic nitrogens is 1. The van der Waals surface area contributed by atoms with Crippen molar-refractivity contribution in [1.29, 1.82) is 0 Å². The van der Waals surface area contributed by atoms with Crippen LogP contribution >= 0.6 is 22.6 Å². The van der Waals surface area contributed by atoms with Crippen LogP contribution in [0.5, 0.6) is 0 Å². The number of carbonyl (C=O) groups is 1. The molecule has 18 heavy (non-hydrogen) atoms. The van der Waals surface area contributed by atoms with Gasteiger partial charge in [0.15, 0.2) is 0 Å². The molecule has 1 aromatic rings. The lowest BCUT2D eigenvalue weighted by atomic mass is 10.2. The van der Waals surface area contributed by atoms with Gasteiger partial charge in [-0.2, -0.15) is 0 Å². The van der Waals surface area contributed by atoms with Gasteiger partial charge in [0, 0.05) is 31.4 Å². The largest absolute Gasteiger partial charge is 0.352 e. The van der Waals surface area contributed by atoms with Crippen molar-refractivity contribution in [3.63, 3.8) is 0 Å². The molecule has 0 saturated heterocycles. The number of amides is 1. The van der Waals surface area contributed by atoms with Crippen molar-refractivity contribution in [2.75, 3.05) is 11.0 Å². The van der Waals surface area contributed by atoms with E-state index in [1.165, 1.54) is 27.9 Å². The van der Waals surface area contributed by atoms with Gasteiger partial charge in [0.25, 0.3) is 11.5 Å². The number of pyridine rings is 1. The highest BCUT2D eigenvalue weighted by atomic mass is 127. The van der Waals surface area contributed by atoms with E-state index < -0.39 is 0 Å². The number of rotatable bonds is 7. The first-order valence-corrected chi connectivity index (χ1v) is 7.68. The molecule has 1 amide bonds. The molecule has 0 aliphatic rings. The zero-order valence-corrected chi connectivity index (χ0v) is 12.8. The van der Waals surface area contributed by atoms with E-state index in [0.29, 0.717) is 12.1 Å². The first kappa shape index (κ1) is 15.2. The standard InChI is InChI=1S/C13H19IN2O2/c1-16-9-6-11(10-12(16)17)13(18)15-8-5-3-2-4-7-14/h6,9-10H,2-5,7-8H2,1H3,(H,15,18). The van der Waals surface area contributed by atoms with Crippen LogP contribution in [0.4, 0.5) is 0 Å². The molecule has 4 nitrogen and oxygen atoms in total. The van der Waals surface area contributed by atoms with E-state index in [2.05, 4.69) is 27.9 Å². The summed E-state index contributed by atoms with van der Waals surface area (Å²) in [5, 5.41) is 2.83. The minimum atomic E-state index is -0.165. The second-order valence-electron chi connectivity index (χ2n) is 4.22. The molecule has 1 aromatic heterocycles. The van der Waals surface area contributed by atoms with E-state index in [4.69, 9.17) is 0 Å². The molecule has 0 atom stereocenters. The van der Waals surface area contributed by atoms with E-state index in [0.717, 1.165) is 12.8 Å². The van der Waals surface area contributed by atoms with Crippen molar-refractivity contribution >= 4 is 28.5 Å². The topological polar surface area (TPSA) is 51.1 Å². The summed E-state index contributed by atoms with van der Waals surface area (Å²) in [6, 6.07) is 3.03. The highest BCUT2D eigenvalue weighted by Crippen LogP contribution is 2.01. The molecule has 0 bridgehead atoms. The monoisotopic (exact) mass is 362 g/mol. The van der Waals surface area contributed by atoms with Crippen LogP contribution in [0.1, 0.15) is 36.0 Å². The zero-order valence-electron chi connectivity index (χ0n) is 10.6. The Labute approximate surface area is 121 Å². The smallest absolute Gasteiger partial charge is 0.251 e. The average molecular weight is 362 g/mol. The van der Waals surface area contributed by atoms with Gasteiger partial charge in [-0.1, -0.05) is 35.4 Å². The summed E-state index contributed by atoms with van der Waals surface area (Å²) in [5.41, 5.74) is 0.273. The van der Waals surface area contributed by atoms with Gasteiger partial charge in [0.2, 0.25) is 0 Å². The van der Waals surface area contributed by atoms with Crippen LogP contribution in [0.3, 0.4) is 0 Å². The first-order valence-electron chi connectivity index (χ1n) is 6.16. The number of carbonyl (C=O) groups excluding carboxylic acids is 1. The third kappa shape index (κ3) is 5.20. The molecule has 1 heterocycles. The minimum absolute atomic E-state index is 0.162. The first-order chi connectivity index (χ1) is 8.65. The summed E-state index contributed by atoms with van der Waals surface area (Å²) in [7, 11) is 1.66. The molecule has 0 unspecified atom stereocenters. The molecule has 0 radical (unpaired) electrons. The second-order valence-corrected chi connectivity index (χ2v) is 5.30. The third-order valence-electron chi connectivity index (χ3n) is 2.71. The summed E-state index contributed by atoms with van der Waals surface area (Å²) < 4.78 is 2.64. The van der Waals surface area contributed by atoms with Gasteiger partial charge in [-0.15, -0.1) is 0 Å². The van der Waals surface area contributed by atoms with E-state index in [-0.39, 0.29) is 11.5 Å².